The lowest BCUT2D eigenvalue weighted by molar-refractivity contribution is 0.367. The quantitative estimate of drug-likeness (QED) is 0.606. The maximum absolute atomic E-state index is 8.51. The van der Waals surface area contributed by atoms with Crippen molar-refractivity contribution in [1.29, 1.82) is 0 Å². The SMILES string of the molecule is O[CH]CCCCCCCCc1ccccc1. The monoisotopic (exact) mass is 219 g/mol. The van der Waals surface area contributed by atoms with Gasteiger partial charge in [-0.3, -0.25) is 0 Å². The largest absolute Gasteiger partial charge is 0.390 e. The van der Waals surface area contributed by atoms with Crippen molar-refractivity contribution < 1.29 is 5.11 Å². The first-order valence-electron chi connectivity index (χ1n) is 6.43. The van der Waals surface area contributed by atoms with Gasteiger partial charge in [0.05, 0.1) is 6.61 Å². The summed E-state index contributed by atoms with van der Waals surface area (Å²) in [6.45, 7) is 1.27. The summed E-state index contributed by atoms with van der Waals surface area (Å²) in [6.07, 6.45) is 9.72. The highest BCUT2D eigenvalue weighted by Crippen LogP contribution is 2.10. The van der Waals surface area contributed by atoms with E-state index >= 15 is 0 Å². The molecular weight excluding hydrogens is 196 g/mol. The maximum atomic E-state index is 8.51. The first-order valence-corrected chi connectivity index (χ1v) is 6.43. The molecule has 0 atom stereocenters. The summed E-state index contributed by atoms with van der Waals surface area (Å²) in [7, 11) is 0. The van der Waals surface area contributed by atoms with Gasteiger partial charge in [0.25, 0.3) is 0 Å². The molecule has 0 heterocycles. The summed E-state index contributed by atoms with van der Waals surface area (Å²) >= 11 is 0. The third-order valence-corrected chi connectivity index (χ3v) is 2.89. The fourth-order valence-corrected chi connectivity index (χ4v) is 1.92. The number of hydrogen-bond donors (Lipinski definition) is 1. The van der Waals surface area contributed by atoms with Crippen molar-refractivity contribution in [3.8, 4) is 0 Å². The Morgan fingerprint density at radius 3 is 2.12 bits per heavy atom. The van der Waals surface area contributed by atoms with Gasteiger partial charge in [0, 0.05) is 0 Å². The van der Waals surface area contributed by atoms with E-state index < -0.39 is 0 Å². The summed E-state index contributed by atoms with van der Waals surface area (Å²) in [4.78, 5) is 0. The molecule has 0 aliphatic rings. The van der Waals surface area contributed by atoms with Crippen molar-refractivity contribution >= 4 is 0 Å². The van der Waals surface area contributed by atoms with Crippen molar-refractivity contribution in [3.63, 3.8) is 0 Å². The lowest BCUT2D eigenvalue weighted by Crippen LogP contribution is -1.86. The molecule has 0 aliphatic carbocycles. The molecule has 1 nitrogen and oxygen atoms in total. The number of aryl methyl sites for hydroxylation is 1. The second-order valence-electron chi connectivity index (χ2n) is 4.33. The molecule has 1 radical (unpaired) electrons. The summed E-state index contributed by atoms with van der Waals surface area (Å²) in [5, 5.41) is 8.51. The smallest absolute Gasteiger partial charge is 0.0799 e. The highest BCUT2D eigenvalue weighted by atomic mass is 16.2. The molecule has 0 spiro atoms. The second-order valence-corrected chi connectivity index (χ2v) is 4.33. The third-order valence-electron chi connectivity index (χ3n) is 2.89. The molecule has 89 valence electrons. The molecule has 0 unspecified atom stereocenters. The molecule has 0 saturated heterocycles. The van der Waals surface area contributed by atoms with E-state index in [9.17, 15) is 0 Å². The molecule has 0 aliphatic heterocycles. The Labute approximate surface area is 99.5 Å². The Hall–Kier alpha value is -0.820. The summed E-state index contributed by atoms with van der Waals surface area (Å²) in [5.74, 6) is 0. The Morgan fingerprint density at radius 2 is 1.44 bits per heavy atom. The number of rotatable bonds is 9. The zero-order valence-electron chi connectivity index (χ0n) is 10.1. The first kappa shape index (κ1) is 13.2. The molecule has 0 saturated carbocycles. The minimum absolute atomic E-state index is 0.851. The van der Waals surface area contributed by atoms with E-state index in [0.717, 1.165) is 12.8 Å². The molecule has 1 heteroatoms. The van der Waals surface area contributed by atoms with Crippen molar-refractivity contribution in [3.05, 3.63) is 42.5 Å². The lowest BCUT2D eigenvalue weighted by atomic mass is 10.0. The second kappa shape index (κ2) is 9.41. The zero-order valence-corrected chi connectivity index (χ0v) is 10.1. The fourth-order valence-electron chi connectivity index (χ4n) is 1.92. The molecule has 1 N–H and O–H groups in total. The minimum Gasteiger partial charge on any atom is -0.390 e. The number of aliphatic hydroxyl groups excluding tert-OH is 1. The van der Waals surface area contributed by atoms with Gasteiger partial charge in [0.15, 0.2) is 0 Å². The summed E-state index contributed by atoms with van der Waals surface area (Å²) in [5.41, 5.74) is 1.46. The average molecular weight is 219 g/mol. The number of unbranched alkanes of at least 4 members (excludes halogenated alkanes) is 6. The van der Waals surface area contributed by atoms with Crippen LogP contribution in [0.1, 0.15) is 50.5 Å². The Kier molecular flexibility index (Phi) is 7.79. The lowest BCUT2D eigenvalue weighted by Gasteiger charge is -2.02. The van der Waals surface area contributed by atoms with E-state index in [4.69, 9.17) is 5.11 Å². The number of aliphatic hydroxyl groups is 1. The van der Waals surface area contributed by atoms with Gasteiger partial charge in [-0.05, 0) is 24.8 Å². The molecule has 0 fully saturated rings. The van der Waals surface area contributed by atoms with E-state index in [1.165, 1.54) is 50.7 Å². The van der Waals surface area contributed by atoms with Gasteiger partial charge in [-0.15, -0.1) is 0 Å². The van der Waals surface area contributed by atoms with Crippen LogP contribution in [0, 0.1) is 6.61 Å². The van der Waals surface area contributed by atoms with Gasteiger partial charge in [0.1, 0.15) is 0 Å². The molecule has 16 heavy (non-hydrogen) atoms. The van der Waals surface area contributed by atoms with Gasteiger partial charge in [-0.25, -0.2) is 0 Å². The van der Waals surface area contributed by atoms with E-state index in [-0.39, 0.29) is 0 Å². The maximum Gasteiger partial charge on any atom is 0.0799 e. The Bertz CT molecular complexity index is 243. The van der Waals surface area contributed by atoms with Gasteiger partial charge >= 0.3 is 0 Å². The molecular formula is C15H23O. The third kappa shape index (κ3) is 6.62. The standard InChI is InChI=1S/C15H23O/c16-14-10-5-3-1-2-4-7-11-15-12-8-6-9-13-15/h6,8-9,12-14,16H,1-5,7,10-11H2. The van der Waals surface area contributed by atoms with Crippen LogP contribution < -0.4 is 0 Å². The zero-order chi connectivity index (χ0) is 11.5. The van der Waals surface area contributed by atoms with E-state index in [0.29, 0.717) is 0 Å². The molecule has 1 aromatic carbocycles. The van der Waals surface area contributed by atoms with Crippen LogP contribution in [0.3, 0.4) is 0 Å². The highest BCUT2D eigenvalue weighted by Gasteiger charge is 1.93. The van der Waals surface area contributed by atoms with E-state index in [1.807, 2.05) is 0 Å². The first-order chi connectivity index (χ1) is 7.93. The molecule has 0 amide bonds. The van der Waals surface area contributed by atoms with Crippen LogP contribution in [-0.4, -0.2) is 5.11 Å². The highest BCUT2D eigenvalue weighted by molar-refractivity contribution is 5.14. The van der Waals surface area contributed by atoms with Gasteiger partial charge in [0.2, 0.25) is 0 Å². The number of benzene rings is 1. The molecule has 1 rings (SSSR count). The van der Waals surface area contributed by atoms with Crippen LogP contribution in [0.5, 0.6) is 0 Å². The van der Waals surface area contributed by atoms with Crippen molar-refractivity contribution in [2.45, 2.75) is 51.4 Å². The Balaban J connectivity index is 1.89. The van der Waals surface area contributed by atoms with Crippen LogP contribution in [0.4, 0.5) is 0 Å². The van der Waals surface area contributed by atoms with E-state index in [1.54, 1.807) is 0 Å². The van der Waals surface area contributed by atoms with Crippen LogP contribution in [-0.2, 0) is 6.42 Å². The van der Waals surface area contributed by atoms with Gasteiger partial charge in [-0.1, -0.05) is 62.4 Å². The van der Waals surface area contributed by atoms with Crippen LogP contribution in [0.2, 0.25) is 0 Å². The Morgan fingerprint density at radius 1 is 0.812 bits per heavy atom. The van der Waals surface area contributed by atoms with Crippen molar-refractivity contribution in [2.75, 3.05) is 0 Å². The topological polar surface area (TPSA) is 20.2 Å². The normalized spacial score (nSPS) is 10.6. The van der Waals surface area contributed by atoms with Gasteiger partial charge in [-0.2, -0.15) is 0 Å². The molecule has 0 bridgehead atoms. The summed E-state index contributed by atoms with van der Waals surface area (Å²) < 4.78 is 0. The summed E-state index contributed by atoms with van der Waals surface area (Å²) in [6, 6.07) is 10.7. The predicted molar refractivity (Wildman–Crippen MR) is 68.7 cm³/mol. The molecule has 0 aromatic heterocycles. The average Bonchev–Trinajstić information content (AvgIpc) is 2.34. The van der Waals surface area contributed by atoms with Crippen LogP contribution >= 0.6 is 0 Å². The van der Waals surface area contributed by atoms with Gasteiger partial charge < -0.3 is 5.11 Å². The fraction of sp³-hybridized carbons (Fsp3) is 0.533. The number of hydrogen-bond acceptors (Lipinski definition) is 1. The van der Waals surface area contributed by atoms with Crippen molar-refractivity contribution in [1.82, 2.24) is 0 Å². The van der Waals surface area contributed by atoms with Crippen LogP contribution in [0.25, 0.3) is 0 Å². The van der Waals surface area contributed by atoms with E-state index in [2.05, 4.69) is 30.3 Å². The minimum atomic E-state index is 0.851. The molecule has 1 aromatic rings. The van der Waals surface area contributed by atoms with Crippen molar-refractivity contribution in [2.24, 2.45) is 0 Å². The van der Waals surface area contributed by atoms with Crippen LogP contribution in [0.15, 0.2) is 30.3 Å². The predicted octanol–water partition coefficient (Wildman–Crippen LogP) is 4.49.